The monoisotopic (exact) mass is 349 g/mol. The number of hydrogen-bond acceptors (Lipinski definition) is 2. The van der Waals surface area contributed by atoms with Gasteiger partial charge in [0.2, 0.25) is 0 Å². The Balaban J connectivity index is 1.85. The van der Waals surface area contributed by atoms with Crippen molar-refractivity contribution >= 4 is 50.0 Å². The maximum Gasteiger partial charge on any atom is 0.255 e. The van der Waals surface area contributed by atoms with E-state index < -0.39 is 0 Å². The van der Waals surface area contributed by atoms with E-state index in [1.165, 1.54) is 0 Å². The number of anilines is 1. The van der Waals surface area contributed by atoms with E-state index >= 15 is 0 Å². The van der Waals surface area contributed by atoms with Gasteiger partial charge in [0.15, 0.2) is 0 Å². The molecule has 0 aliphatic carbocycles. The van der Waals surface area contributed by atoms with Crippen molar-refractivity contribution in [3.8, 4) is 0 Å². The van der Waals surface area contributed by atoms with Crippen molar-refractivity contribution in [2.75, 3.05) is 5.32 Å². The summed E-state index contributed by atoms with van der Waals surface area (Å²) in [4.78, 5) is 12.1. The molecule has 3 rings (SSSR count). The van der Waals surface area contributed by atoms with Gasteiger partial charge in [-0.1, -0.05) is 11.6 Å². The predicted molar refractivity (Wildman–Crippen MR) is 83.2 cm³/mol. The Labute approximate surface area is 128 Å². The lowest BCUT2D eigenvalue weighted by molar-refractivity contribution is 0.102. The molecule has 2 N–H and O–H groups in total. The fourth-order valence-corrected chi connectivity index (χ4v) is 2.29. The second kappa shape index (κ2) is 5.26. The Morgan fingerprint density at radius 1 is 1.25 bits per heavy atom. The van der Waals surface area contributed by atoms with Crippen LogP contribution in [0.2, 0.25) is 5.02 Å². The predicted octanol–water partition coefficient (Wildman–Crippen LogP) is 4.23. The van der Waals surface area contributed by atoms with E-state index in [4.69, 9.17) is 11.6 Å². The van der Waals surface area contributed by atoms with Gasteiger partial charge in [0.1, 0.15) is 0 Å². The molecule has 0 saturated heterocycles. The third-order valence-electron chi connectivity index (χ3n) is 2.88. The van der Waals surface area contributed by atoms with Crippen molar-refractivity contribution in [1.82, 2.24) is 10.2 Å². The molecule has 0 aliphatic rings. The molecule has 1 aromatic heterocycles. The van der Waals surface area contributed by atoms with Gasteiger partial charge >= 0.3 is 0 Å². The number of halogens is 2. The zero-order chi connectivity index (χ0) is 14.1. The molecule has 1 heterocycles. The number of hydrogen-bond donors (Lipinski definition) is 2. The van der Waals surface area contributed by atoms with Crippen LogP contribution in [0.1, 0.15) is 10.4 Å². The van der Waals surface area contributed by atoms with Crippen molar-refractivity contribution in [3.63, 3.8) is 0 Å². The molecule has 6 heteroatoms. The number of nitrogens with one attached hydrogen (secondary N) is 2. The van der Waals surface area contributed by atoms with Crippen LogP contribution in [0, 0.1) is 0 Å². The molecule has 0 fully saturated rings. The highest BCUT2D eigenvalue weighted by molar-refractivity contribution is 9.10. The van der Waals surface area contributed by atoms with E-state index in [2.05, 4.69) is 31.4 Å². The lowest BCUT2D eigenvalue weighted by atomic mass is 10.2. The van der Waals surface area contributed by atoms with Crippen molar-refractivity contribution < 1.29 is 4.79 Å². The molecule has 20 heavy (non-hydrogen) atoms. The second-order valence-corrected chi connectivity index (χ2v) is 5.52. The van der Waals surface area contributed by atoms with Crippen LogP contribution in [0.5, 0.6) is 0 Å². The minimum absolute atomic E-state index is 0.206. The fourth-order valence-electron chi connectivity index (χ4n) is 1.86. The number of carbonyl (C=O) groups excluding carboxylic acids is 1. The van der Waals surface area contributed by atoms with Gasteiger partial charge < -0.3 is 5.32 Å². The summed E-state index contributed by atoms with van der Waals surface area (Å²) in [5.41, 5.74) is 2.14. The Bertz CT molecular complexity index is 800. The molecule has 4 nitrogen and oxygen atoms in total. The molecular weight excluding hydrogens is 342 g/mol. The molecule has 1 amide bonds. The van der Waals surface area contributed by atoms with Crippen LogP contribution in [0.4, 0.5) is 5.69 Å². The van der Waals surface area contributed by atoms with Gasteiger partial charge in [0.25, 0.3) is 5.91 Å². The average Bonchev–Trinajstić information content (AvgIpc) is 2.89. The van der Waals surface area contributed by atoms with Gasteiger partial charge in [-0.25, -0.2) is 0 Å². The number of rotatable bonds is 2. The number of amides is 1. The van der Waals surface area contributed by atoms with Crippen LogP contribution in [-0.2, 0) is 0 Å². The van der Waals surface area contributed by atoms with Crippen LogP contribution in [0.3, 0.4) is 0 Å². The lowest BCUT2D eigenvalue weighted by Crippen LogP contribution is -2.11. The van der Waals surface area contributed by atoms with Gasteiger partial charge in [0.05, 0.1) is 16.7 Å². The summed E-state index contributed by atoms with van der Waals surface area (Å²) >= 11 is 9.28. The zero-order valence-electron chi connectivity index (χ0n) is 10.2. The number of fused-ring (bicyclic) bond motifs is 1. The first-order valence-electron chi connectivity index (χ1n) is 5.83. The number of benzene rings is 2. The Hall–Kier alpha value is -1.85. The van der Waals surface area contributed by atoms with Crippen LogP contribution in [0.25, 0.3) is 10.9 Å². The normalized spacial score (nSPS) is 10.7. The summed E-state index contributed by atoms with van der Waals surface area (Å²) in [7, 11) is 0. The SMILES string of the molecule is O=C(Nc1ccc2[nH]ncc2c1)c1ccc(Br)c(Cl)c1. The molecule has 2 aromatic carbocycles. The van der Waals surface area contributed by atoms with Gasteiger partial charge in [0, 0.05) is 21.1 Å². The van der Waals surface area contributed by atoms with Crippen molar-refractivity contribution in [2.45, 2.75) is 0 Å². The summed E-state index contributed by atoms with van der Waals surface area (Å²) < 4.78 is 0.760. The first-order valence-corrected chi connectivity index (χ1v) is 7.00. The fraction of sp³-hybridized carbons (Fsp3) is 0. The molecule has 0 aliphatic heterocycles. The lowest BCUT2D eigenvalue weighted by Gasteiger charge is -2.06. The number of H-pyrrole nitrogens is 1. The van der Waals surface area contributed by atoms with Crippen LogP contribution in [0.15, 0.2) is 47.1 Å². The van der Waals surface area contributed by atoms with Gasteiger partial charge in [-0.3, -0.25) is 9.89 Å². The second-order valence-electron chi connectivity index (χ2n) is 4.26. The molecule has 0 saturated carbocycles. The highest BCUT2D eigenvalue weighted by Crippen LogP contribution is 2.24. The summed E-state index contributed by atoms with van der Waals surface area (Å²) in [5.74, 6) is -0.206. The summed E-state index contributed by atoms with van der Waals surface area (Å²) in [6, 6.07) is 10.6. The minimum Gasteiger partial charge on any atom is -0.322 e. The zero-order valence-corrected chi connectivity index (χ0v) is 12.5. The van der Waals surface area contributed by atoms with Gasteiger partial charge in [-0.15, -0.1) is 0 Å². The van der Waals surface area contributed by atoms with E-state index in [1.807, 2.05) is 18.2 Å². The largest absolute Gasteiger partial charge is 0.322 e. The average molecular weight is 351 g/mol. The smallest absolute Gasteiger partial charge is 0.255 e. The standard InChI is InChI=1S/C14H9BrClN3O/c15-11-3-1-8(6-12(11)16)14(20)18-10-2-4-13-9(5-10)7-17-19-13/h1-7H,(H,17,19)(H,18,20). The van der Waals surface area contributed by atoms with E-state index in [-0.39, 0.29) is 5.91 Å². The maximum absolute atomic E-state index is 12.1. The molecule has 0 spiro atoms. The van der Waals surface area contributed by atoms with E-state index in [0.717, 1.165) is 15.4 Å². The molecule has 0 atom stereocenters. The number of aromatic amines is 1. The Morgan fingerprint density at radius 3 is 2.90 bits per heavy atom. The highest BCUT2D eigenvalue weighted by atomic mass is 79.9. The molecule has 3 aromatic rings. The summed E-state index contributed by atoms with van der Waals surface area (Å²) in [6.45, 7) is 0. The molecule has 100 valence electrons. The van der Waals surface area contributed by atoms with Crippen LogP contribution in [-0.4, -0.2) is 16.1 Å². The van der Waals surface area contributed by atoms with Gasteiger partial charge in [-0.05, 0) is 52.3 Å². The summed E-state index contributed by atoms with van der Waals surface area (Å²) in [6.07, 6.45) is 1.71. The van der Waals surface area contributed by atoms with Crippen molar-refractivity contribution in [1.29, 1.82) is 0 Å². The molecule has 0 unspecified atom stereocenters. The number of carbonyl (C=O) groups is 1. The molecular formula is C14H9BrClN3O. The third kappa shape index (κ3) is 2.55. The van der Waals surface area contributed by atoms with E-state index in [0.29, 0.717) is 16.3 Å². The first-order chi connectivity index (χ1) is 9.63. The molecule has 0 bridgehead atoms. The van der Waals surface area contributed by atoms with Crippen molar-refractivity contribution in [2.24, 2.45) is 0 Å². The van der Waals surface area contributed by atoms with Crippen LogP contribution >= 0.6 is 27.5 Å². The van der Waals surface area contributed by atoms with E-state index in [9.17, 15) is 4.79 Å². The van der Waals surface area contributed by atoms with Crippen LogP contribution < -0.4 is 5.32 Å². The van der Waals surface area contributed by atoms with E-state index in [1.54, 1.807) is 24.4 Å². The number of nitrogens with zero attached hydrogens (tertiary/aromatic N) is 1. The Kier molecular flexibility index (Phi) is 3.46. The number of aromatic nitrogens is 2. The van der Waals surface area contributed by atoms with Gasteiger partial charge in [-0.2, -0.15) is 5.10 Å². The highest BCUT2D eigenvalue weighted by Gasteiger charge is 2.08. The maximum atomic E-state index is 12.1. The topological polar surface area (TPSA) is 57.8 Å². The first kappa shape index (κ1) is 13.1. The molecule has 0 radical (unpaired) electrons. The Morgan fingerprint density at radius 2 is 2.10 bits per heavy atom. The third-order valence-corrected chi connectivity index (χ3v) is 4.11. The summed E-state index contributed by atoms with van der Waals surface area (Å²) in [5, 5.41) is 11.1. The quantitative estimate of drug-likeness (QED) is 0.726. The van der Waals surface area contributed by atoms with Crippen molar-refractivity contribution in [3.05, 3.63) is 57.7 Å². The minimum atomic E-state index is -0.206.